The van der Waals surface area contributed by atoms with Gasteiger partial charge >= 0.3 is 5.92 Å². The number of carbonyl (C=O) groups excluding carboxylic acids is 1. The molecule has 0 aliphatic rings. The van der Waals surface area contributed by atoms with Gasteiger partial charge < -0.3 is 5.73 Å². The average molecular weight is 291 g/mol. The summed E-state index contributed by atoms with van der Waals surface area (Å²) in [6.45, 7) is 0. The van der Waals surface area contributed by atoms with E-state index in [1.807, 2.05) is 0 Å². The first-order chi connectivity index (χ1) is 8.63. The van der Waals surface area contributed by atoms with Crippen LogP contribution in [-0.4, -0.2) is 26.3 Å². The molecule has 2 N–H and O–H groups in total. The molecule has 0 aromatic heterocycles. The molecule has 0 saturated heterocycles. The molecule has 0 aliphatic carbocycles. The van der Waals surface area contributed by atoms with Crippen molar-refractivity contribution in [3.05, 3.63) is 35.4 Å². The van der Waals surface area contributed by atoms with E-state index < -0.39 is 27.2 Å². The Morgan fingerprint density at radius 1 is 1.37 bits per heavy atom. The Morgan fingerprint density at radius 3 is 2.53 bits per heavy atom. The van der Waals surface area contributed by atoms with Crippen LogP contribution in [0.25, 0.3) is 0 Å². The van der Waals surface area contributed by atoms with Crippen LogP contribution in [0.2, 0.25) is 0 Å². The first kappa shape index (κ1) is 15.6. The fourth-order valence-corrected chi connectivity index (χ4v) is 2.27. The number of nitrogens with two attached hydrogens (primary N) is 1. The van der Waals surface area contributed by atoms with Gasteiger partial charge in [-0.15, -0.1) is 0 Å². The zero-order valence-corrected chi connectivity index (χ0v) is 11.2. The van der Waals surface area contributed by atoms with E-state index in [1.54, 1.807) is 6.07 Å². The third kappa shape index (κ3) is 4.59. The summed E-state index contributed by atoms with van der Waals surface area (Å²) in [5.74, 6) is -5.43. The number of amides is 1. The van der Waals surface area contributed by atoms with Crippen molar-refractivity contribution in [2.45, 2.75) is 18.8 Å². The van der Waals surface area contributed by atoms with E-state index in [9.17, 15) is 22.0 Å². The SMILES string of the molecule is CS(=O)(=O)CCCc1cccc(C(F)(F)C(N)=O)c1. The molecule has 1 aromatic rings. The van der Waals surface area contributed by atoms with Gasteiger partial charge in [0.25, 0.3) is 5.91 Å². The second-order valence-corrected chi connectivity index (χ2v) is 6.63. The number of sulfone groups is 1. The van der Waals surface area contributed by atoms with Crippen LogP contribution in [0.4, 0.5) is 8.78 Å². The van der Waals surface area contributed by atoms with Gasteiger partial charge in [-0.2, -0.15) is 8.78 Å². The maximum Gasteiger partial charge on any atom is 0.349 e. The molecule has 0 saturated carbocycles. The zero-order chi connectivity index (χ0) is 14.7. The molecule has 1 amide bonds. The van der Waals surface area contributed by atoms with E-state index in [0.29, 0.717) is 18.4 Å². The second-order valence-electron chi connectivity index (χ2n) is 4.37. The fraction of sp³-hybridized carbons (Fsp3) is 0.417. The number of hydrogen-bond donors (Lipinski definition) is 1. The Hall–Kier alpha value is -1.50. The molecule has 1 aromatic carbocycles. The molecule has 0 heterocycles. The van der Waals surface area contributed by atoms with E-state index in [0.717, 1.165) is 12.3 Å². The summed E-state index contributed by atoms with van der Waals surface area (Å²) in [5, 5.41) is 0. The Bertz CT molecular complexity index is 570. The number of rotatable bonds is 6. The molecule has 19 heavy (non-hydrogen) atoms. The van der Waals surface area contributed by atoms with Gasteiger partial charge in [0.15, 0.2) is 0 Å². The summed E-state index contributed by atoms with van der Waals surface area (Å²) in [5.41, 5.74) is 4.71. The van der Waals surface area contributed by atoms with Crippen LogP contribution in [-0.2, 0) is 27.0 Å². The van der Waals surface area contributed by atoms with Crippen molar-refractivity contribution in [1.29, 1.82) is 0 Å². The van der Waals surface area contributed by atoms with Gasteiger partial charge in [-0.3, -0.25) is 4.79 Å². The van der Waals surface area contributed by atoms with Gasteiger partial charge in [-0.25, -0.2) is 8.42 Å². The van der Waals surface area contributed by atoms with Crippen molar-refractivity contribution in [3.63, 3.8) is 0 Å². The minimum atomic E-state index is -3.72. The van der Waals surface area contributed by atoms with Crippen molar-refractivity contribution in [2.75, 3.05) is 12.0 Å². The quantitative estimate of drug-likeness (QED) is 0.856. The highest BCUT2D eigenvalue weighted by atomic mass is 32.2. The van der Waals surface area contributed by atoms with E-state index >= 15 is 0 Å². The van der Waals surface area contributed by atoms with Crippen LogP contribution in [0.15, 0.2) is 24.3 Å². The van der Waals surface area contributed by atoms with Crippen LogP contribution in [0, 0.1) is 0 Å². The summed E-state index contributed by atoms with van der Waals surface area (Å²) < 4.78 is 48.7. The number of halogens is 2. The summed E-state index contributed by atoms with van der Waals surface area (Å²) in [6, 6.07) is 5.28. The minimum absolute atomic E-state index is 0.0105. The molecule has 106 valence electrons. The van der Waals surface area contributed by atoms with Crippen LogP contribution < -0.4 is 5.73 Å². The average Bonchev–Trinajstić information content (AvgIpc) is 2.27. The van der Waals surface area contributed by atoms with E-state index in [4.69, 9.17) is 0 Å². The largest absolute Gasteiger partial charge is 0.364 e. The molecule has 0 aliphatic heterocycles. The van der Waals surface area contributed by atoms with Crippen molar-refractivity contribution < 1.29 is 22.0 Å². The third-order valence-electron chi connectivity index (χ3n) is 2.58. The van der Waals surface area contributed by atoms with Crippen molar-refractivity contribution in [2.24, 2.45) is 5.73 Å². The predicted molar refractivity (Wildman–Crippen MR) is 67.6 cm³/mol. The summed E-state index contributed by atoms with van der Waals surface area (Å²) in [7, 11) is -3.07. The second kappa shape index (κ2) is 5.64. The molecule has 0 fully saturated rings. The van der Waals surface area contributed by atoms with Gasteiger partial charge in [0.2, 0.25) is 0 Å². The van der Waals surface area contributed by atoms with Crippen molar-refractivity contribution >= 4 is 15.7 Å². The third-order valence-corrected chi connectivity index (χ3v) is 3.61. The molecule has 0 unspecified atom stereocenters. The highest BCUT2D eigenvalue weighted by Gasteiger charge is 2.38. The normalized spacial score (nSPS) is 12.4. The molecule has 0 bridgehead atoms. The lowest BCUT2D eigenvalue weighted by atomic mass is 10.0. The van der Waals surface area contributed by atoms with Gasteiger partial charge in [0.1, 0.15) is 9.84 Å². The van der Waals surface area contributed by atoms with Gasteiger partial charge in [-0.05, 0) is 24.5 Å². The maximum atomic E-state index is 13.4. The molecule has 0 atom stereocenters. The first-order valence-corrected chi connectivity index (χ1v) is 7.64. The summed E-state index contributed by atoms with van der Waals surface area (Å²) >= 11 is 0. The van der Waals surface area contributed by atoms with Crippen LogP contribution >= 0.6 is 0 Å². The monoisotopic (exact) mass is 291 g/mol. The highest BCUT2D eigenvalue weighted by molar-refractivity contribution is 7.90. The first-order valence-electron chi connectivity index (χ1n) is 5.58. The van der Waals surface area contributed by atoms with Crippen LogP contribution in [0.3, 0.4) is 0 Å². The van der Waals surface area contributed by atoms with Gasteiger partial charge in [0, 0.05) is 11.8 Å². The lowest BCUT2D eigenvalue weighted by Crippen LogP contribution is -2.32. The smallest absolute Gasteiger partial charge is 0.349 e. The Labute approximate surface area is 110 Å². The Balaban J connectivity index is 2.81. The molecular formula is C12H15F2NO3S. The standard InChI is InChI=1S/C12H15F2NO3S/c1-19(17,18)7-3-5-9-4-2-6-10(8-9)12(13,14)11(15)16/h2,4,6,8H,3,5,7H2,1H3,(H2,15,16). The number of alkyl halides is 2. The predicted octanol–water partition coefficient (Wildman–Crippen LogP) is 1.24. The van der Waals surface area contributed by atoms with Crippen LogP contribution in [0.5, 0.6) is 0 Å². The van der Waals surface area contributed by atoms with Crippen molar-refractivity contribution in [3.8, 4) is 0 Å². The lowest BCUT2D eigenvalue weighted by Gasteiger charge is -2.13. The highest BCUT2D eigenvalue weighted by Crippen LogP contribution is 2.28. The summed E-state index contributed by atoms with van der Waals surface area (Å²) in [6.07, 6.45) is 1.80. The van der Waals surface area contributed by atoms with E-state index in [-0.39, 0.29) is 5.75 Å². The zero-order valence-electron chi connectivity index (χ0n) is 10.4. The summed E-state index contributed by atoms with van der Waals surface area (Å²) in [4.78, 5) is 10.7. The number of aryl methyl sites for hydroxylation is 1. The number of benzene rings is 1. The maximum absolute atomic E-state index is 13.4. The van der Waals surface area contributed by atoms with Crippen LogP contribution in [0.1, 0.15) is 17.5 Å². The number of hydrogen-bond acceptors (Lipinski definition) is 3. The Morgan fingerprint density at radius 2 is 2.00 bits per heavy atom. The molecular weight excluding hydrogens is 276 g/mol. The Kier molecular flexibility index (Phi) is 4.62. The molecule has 4 nitrogen and oxygen atoms in total. The van der Waals surface area contributed by atoms with Crippen molar-refractivity contribution in [1.82, 2.24) is 0 Å². The fourth-order valence-electron chi connectivity index (χ4n) is 1.60. The number of primary amides is 1. The topological polar surface area (TPSA) is 77.2 Å². The van der Waals surface area contributed by atoms with E-state index in [2.05, 4.69) is 5.73 Å². The minimum Gasteiger partial charge on any atom is -0.364 e. The lowest BCUT2D eigenvalue weighted by molar-refractivity contribution is -0.143. The molecule has 0 radical (unpaired) electrons. The van der Waals surface area contributed by atoms with Gasteiger partial charge in [0.05, 0.1) is 5.75 Å². The molecule has 1 rings (SSSR count). The van der Waals surface area contributed by atoms with Gasteiger partial charge in [-0.1, -0.05) is 18.2 Å². The number of carbonyl (C=O) groups is 1. The van der Waals surface area contributed by atoms with E-state index in [1.165, 1.54) is 12.1 Å². The molecule has 7 heteroatoms. The molecule has 0 spiro atoms.